The molecular formula is C13H20ClNO3S2. The second-order valence-corrected chi connectivity index (χ2v) is 8.36. The number of halogens is 1. The van der Waals surface area contributed by atoms with E-state index in [0.29, 0.717) is 25.4 Å². The van der Waals surface area contributed by atoms with Gasteiger partial charge in [-0.15, -0.1) is 22.9 Å². The Morgan fingerprint density at radius 1 is 1.50 bits per heavy atom. The van der Waals surface area contributed by atoms with Crippen LogP contribution in [0.5, 0.6) is 0 Å². The van der Waals surface area contributed by atoms with Crippen LogP contribution in [0.2, 0.25) is 0 Å². The minimum absolute atomic E-state index is 0.0285. The van der Waals surface area contributed by atoms with Gasteiger partial charge in [0.25, 0.3) is 0 Å². The van der Waals surface area contributed by atoms with Gasteiger partial charge in [-0.3, -0.25) is 0 Å². The molecule has 0 spiro atoms. The monoisotopic (exact) mass is 337 g/mol. The molecule has 1 atom stereocenters. The Balaban J connectivity index is 2.05. The Bertz CT molecular complexity index is 484. The normalized spacial score (nSPS) is 19.8. The van der Waals surface area contributed by atoms with Crippen LogP contribution in [0.25, 0.3) is 0 Å². The topological polar surface area (TPSA) is 46.6 Å². The lowest BCUT2D eigenvalue weighted by Gasteiger charge is -2.24. The van der Waals surface area contributed by atoms with Gasteiger partial charge in [-0.2, -0.15) is 4.31 Å². The molecule has 1 unspecified atom stereocenters. The van der Waals surface area contributed by atoms with E-state index in [9.17, 15) is 8.42 Å². The first-order valence-electron chi connectivity index (χ1n) is 6.79. The largest absolute Gasteiger partial charge is 0.377 e. The minimum Gasteiger partial charge on any atom is -0.377 e. The molecule has 0 bridgehead atoms. The fraction of sp³-hybridized carbons (Fsp3) is 0.692. The first kappa shape index (κ1) is 16.2. The Hall–Kier alpha value is -0.140. The number of thiophene rings is 1. The van der Waals surface area contributed by atoms with Crippen molar-refractivity contribution in [1.29, 1.82) is 0 Å². The third-order valence-electron chi connectivity index (χ3n) is 3.27. The van der Waals surface area contributed by atoms with Gasteiger partial charge in [-0.1, -0.05) is 6.07 Å². The van der Waals surface area contributed by atoms with Crippen LogP contribution in [0.3, 0.4) is 0 Å². The molecule has 114 valence electrons. The highest BCUT2D eigenvalue weighted by Crippen LogP contribution is 2.20. The Labute approximate surface area is 129 Å². The summed E-state index contributed by atoms with van der Waals surface area (Å²) in [5, 5.41) is 1.96. The first-order chi connectivity index (χ1) is 9.62. The summed E-state index contributed by atoms with van der Waals surface area (Å²) in [5.41, 5.74) is 0. The van der Waals surface area contributed by atoms with Gasteiger partial charge in [-0.05, 0) is 30.7 Å². The second-order valence-electron chi connectivity index (χ2n) is 4.87. The first-order valence-corrected chi connectivity index (χ1v) is 9.82. The number of sulfonamides is 1. The van der Waals surface area contributed by atoms with E-state index in [1.807, 2.05) is 17.5 Å². The summed E-state index contributed by atoms with van der Waals surface area (Å²) in [5.74, 6) is 0.473. The van der Waals surface area contributed by atoms with E-state index in [-0.39, 0.29) is 11.9 Å². The summed E-state index contributed by atoms with van der Waals surface area (Å²) in [6, 6.07) is 3.90. The Morgan fingerprint density at radius 3 is 2.95 bits per heavy atom. The van der Waals surface area contributed by atoms with E-state index >= 15 is 0 Å². The zero-order valence-electron chi connectivity index (χ0n) is 11.3. The summed E-state index contributed by atoms with van der Waals surface area (Å²) in [6.45, 7) is 1.61. The summed E-state index contributed by atoms with van der Waals surface area (Å²) in [6.07, 6.45) is 2.46. The number of hydrogen-bond acceptors (Lipinski definition) is 4. The molecular weight excluding hydrogens is 318 g/mol. The highest BCUT2D eigenvalue weighted by Gasteiger charge is 2.27. The molecule has 0 N–H and O–H groups in total. The van der Waals surface area contributed by atoms with Crippen LogP contribution < -0.4 is 0 Å². The highest BCUT2D eigenvalue weighted by molar-refractivity contribution is 7.89. The molecule has 2 rings (SSSR count). The molecule has 1 aliphatic heterocycles. The smallest absolute Gasteiger partial charge is 0.214 e. The molecule has 0 amide bonds. The van der Waals surface area contributed by atoms with Crippen molar-refractivity contribution in [1.82, 2.24) is 4.31 Å². The van der Waals surface area contributed by atoms with Crippen molar-refractivity contribution in [2.75, 3.05) is 24.8 Å². The third kappa shape index (κ3) is 4.70. The standard InChI is InChI=1S/C13H20ClNO3S2/c14-6-3-9-20(16,17)15(10-12-4-1-7-18-12)11-13-5-2-8-19-13/h2,5,8,12H,1,3-4,6-7,9-11H2. The summed E-state index contributed by atoms with van der Waals surface area (Å²) in [7, 11) is -3.27. The van der Waals surface area contributed by atoms with Crippen molar-refractivity contribution in [3.8, 4) is 0 Å². The number of rotatable bonds is 8. The quantitative estimate of drug-likeness (QED) is 0.685. The fourth-order valence-corrected chi connectivity index (χ4v) is 4.82. The van der Waals surface area contributed by atoms with E-state index in [0.717, 1.165) is 24.3 Å². The van der Waals surface area contributed by atoms with Crippen LogP contribution in [0.1, 0.15) is 24.1 Å². The molecule has 1 aromatic heterocycles. The minimum atomic E-state index is -3.27. The average molecular weight is 338 g/mol. The van der Waals surface area contributed by atoms with Crippen LogP contribution in [0, 0.1) is 0 Å². The molecule has 0 radical (unpaired) electrons. The van der Waals surface area contributed by atoms with Gasteiger partial charge in [-0.25, -0.2) is 8.42 Å². The zero-order valence-corrected chi connectivity index (χ0v) is 13.7. The van der Waals surface area contributed by atoms with Gasteiger partial charge in [0.2, 0.25) is 10.0 Å². The van der Waals surface area contributed by atoms with E-state index < -0.39 is 10.0 Å². The van der Waals surface area contributed by atoms with Crippen LogP contribution in [-0.4, -0.2) is 43.6 Å². The van der Waals surface area contributed by atoms with Crippen LogP contribution in [0.15, 0.2) is 17.5 Å². The van der Waals surface area contributed by atoms with Crippen molar-refractivity contribution in [3.63, 3.8) is 0 Å². The van der Waals surface area contributed by atoms with Crippen LogP contribution in [0.4, 0.5) is 0 Å². The predicted molar refractivity (Wildman–Crippen MR) is 82.8 cm³/mol. The Morgan fingerprint density at radius 2 is 2.35 bits per heavy atom. The van der Waals surface area contributed by atoms with Crippen LogP contribution >= 0.6 is 22.9 Å². The van der Waals surface area contributed by atoms with Crippen molar-refractivity contribution >= 4 is 33.0 Å². The second kappa shape index (κ2) is 7.75. The molecule has 1 aromatic rings. The Kier molecular flexibility index (Phi) is 6.29. The molecule has 1 saturated heterocycles. The van der Waals surface area contributed by atoms with Crippen molar-refractivity contribution in [2.45, 2.75) is 31.9 Å². The van der Waals surface area contributed by atoms with E-state index in [4.69, 9.17) is 16.3 Å². The lowest BCUT2D eigenvalue weighted by atomic mass is 10.2. The van der Waals surface area contributed by atoms with Crippen molar-refractivity contribution in [2.24, 2.45) is 0 Å². The maximum atomic E-state index is 12.4. The lowest BCUT2D eigenvalue weighted by Crippen LogP contribution is -2.38. The third-order valence-corrected chi connectivity index (χ3v) is 6.27. The van der Waals surface area contributed by atoms with Gasteiger partial charge in [0.1, 0.15) is 0 Å². The molecule has 1 fully saturated rings. The van der Waals surface area contributed by atoms with Crippen molar-refractivity contribution in [3.05, 3.63) is 22.4 Å². The molecule has 0 saturated carbocycles. The van der Waals surface area contributed by atoms with E-state index in [1.165, 1.54) is 0 Å². The maximum Gasteiger partial charge on any atom is 0.214 e. The number of nitrogens with zero attached hydrogens (tertiary/aromatic N) is 1. The van der Waals surface area contributed by atoms with Gasteiger partial charge < -0.3 is 4.74 Å². The van der Waals surface area contributed by atoms with E-state index in [1.54, 1.807) is 15.6 Å². The van der Waals surface area contributed by atoms with Crippen molar-refractivity contribution < 1.29 is 13.2 Å². The van der Waals surface area contributed by atoms with Gasteiger partial charge in [0.05, 0.1) is 11.9 Å². The highest BCUT2D eigenvalue weighted by atomic mass is 35.5. The molecule has 4 nitrogen and oxygen atoms in total. The van der Waals surface area contributed by atoms with Crippen LogP contribution in [-0.2, 0) is 21.3 Å². The fourth-order valence-electron chi connectivity index (χ4n) is 2.23. The summed E-state index contributed by atoms with van der Waals surface area (Å²) in [4.78, 5) is 1.05. The SMILES string of the molecule is O=S(=O)(CCCCl)N(Cc1cccs1)CC1CCCO1. The summed E-state index contributed by atoms with van der Waals surface area (Å²) >= 11 is 7.20. The zero-order chi connectivity index (χ0) is 14.4. The molecule has 2 heterocycles. The maximum absolute atomic E-state index is 12.4. The van der Waals surface area contributed by atoms with Gasteiger partial charge in [0, 0.05) is 30.5 Å². The molecule has 0 aromatic carbocycles. The summed E-state index contributed by atoms with van der Waals surface area (Å²) < 4.78 is 32.0. The predicted octanol–water partition coefficient (Wildman–Crippen LogP) is 2.69. The van der Waals surface area contributed by atoms with E-state index in [2.05, 4.69) is 0 Å². The molecule has 20 heavy (non-hydrogen) atoms. The number of alkyl halides is 1. The molecule has 0 aliphatic carbocycles. The average Bonchev–Trinajstić information content (AvgIpc) is 3.09. The van der Waals surface area contributed by atoms with Gasteiger partial charge >= 0.3 is 0 Å². The van der Waals surface area contributed by atoms with Gasteiger partial charge in [0.15, 0.2) is 0 Å². The number of hydrogen-bond donors (Lipinski definition) is 0. The lowest BCUT2D eigenvalue weighted by molar-refractivity contribution is 0.0927. The number of ether oxygens (including phenoxy) is 1. The molecule has 7 heteroatoms. The molecule has 1 aliphatic rings.